The van der Waals surface area contributed by atoms with Gasteiger partial charge in [0.1, 0.15) is 5.78 Å². The van der Waals surface area contributed by atoms with Crippen LogP contribution in [0.25, 0.3) is 0 Å². The summed E-state index contributed by atoms with van der Waals surface area (Å²) in [5.41, 5.74) is 0. The fourth-order valence-electron chi connectivity index (χ4n) is 2.39. The van der Waals surface area contributed by atoms with Crippen LogP contribution in [0.3, 0.4) is 0 Å². The minimum absolute atomic E-state index is 0.172. The lowest BCUT2D eigenvalue weighted by Gasteiger charge is -2.02. The summed E-state index contributed by atoms with van der Waals surface area (Å²) in [4.78, 5) is 21.9. The highest BCUT2D eigenvalue weighted by Gasteiger charge is 2.03. The van der Waals surface area contributed by atoms with Gasteiger partial charge in [0.2, 0.25) is 0 Å². The monoisotopic (exact) mass is 300 g/mol. The summed E-state index contributed by atoms with van der Waals surface area (Å²) in [6.07, 6.45) is 13.0. The summed E-state index contributed by atoms with van der Waals surface area (Å²) in [6.45, 7) is 0.310. The molecule has 0 atom stereocenters. The number of carboxylic acid groups (broad SMARTS) is 1. The van der Waals surface area contributed by atoms with Crippen LogP contribution < -0.4 is 0 Å². The van der Waals surface area contributed by atoms with E-state index in [4.69, 9.17) is 10.2 Å². The van der Waals surface area contributed by atoms with E-state index in [1.807, 2.05) is 0 Å². The Morgan fingerprint density at radius 3 is 1.43 bits per heavy atom. The number of carboxylic acids is 1. The molecule has 0 aliphatic rings. The van der Waals surface area contributed by atoms with Gasteiger partial charge in [-0.15, -0.1) is 0 Å². The third-order valence-corrected chi connectivity index (χ3v) is 3.71. The third kappa shape index (κ3) is 17.0. The zero-order valence-corrected chi connectivity index (χ0v) is 13.3. The van der Waals surface area contributed by atoms with Gasteiger partial charge in [0.05, 0.1) is 0 Å². The van der Waals surface area contributed by atoms with Crippen LogP contribution in [-0.4, -0.2) is 28.6 Å². The molecular formula is C17H32O4. The molecule has 0 aliphatic carbocycles. The molecule has 0 aromatic carbocycles. The maximum Gasteiger partial charge on any atom is 0.303 e. The van der Waals surface area contributed by atoms with Crippen molar-refractivity contribution in [3.63, 3.8) is 0 Å². The predicted molar refractivity (Wildman–Crippen MR) is 84.4 cm³/mol. The Morgan fingerprint density at radius 2 is 0.952 bits per heavy atom. The lowest BCUT2D eigenvalue weighted by atomic mass is 10.0. The fraction of sp³-hybridized carbons (Fsp3) is 0.882. The first-order valence-corrected chi connectivity index (χ1v) is 8.51. The minimum Gasteiger partial charge on any atom is -0.481 e. The van der Waals surface area contributed by atoms with Crippen LogP contribution in [0.5, 0.6) is 0 Å². The second-order valence-corrected chi connectivity index (χ2v) is 5.80. The summed E-state index contributed by atoms with van der Waals surface area (Å²) in [5.74, 6) is -0.497. The Balaban J connectivity index is 3.16. The van der Waals surface area contributed by atoms with Gasteiger partial charge in [0.25, 0.3) is 0 Å². The van der Waals surface area contributed by atoms with Gasteiger partial charge in [-0.1, -0.05) is 44.9 Å². The predicted octanol–water partition coefficient (Wildman–Crippen LogP) is 4.09. The highest BCUT2D eigenvalue weighted by Crippen LogP contribution is 2.11. The van der Waals surface area contributed by atoms with E-state index in [2.05, 4.69) is 0 Å². The first-order chi connectivity index (χ1) is 10.2. The number of carbonyl (C=O) groups is 2. The van der Waals surface area contributed by atoms with Crippen LogP contribution in [-0.2, 0) is 9.59 Å². The number of aliphatic hydroxyl groups excluding tert-OH is 1. The summed E-state index contributed by atoms with van der Waals surface area (Å²) in [7, 11) is 0. The highest BCUT2D eigenvalue weighted by molar-refractivity contribution is 5.78. The van der Waals surface area contributed by atoms with E-state index in [0.717, 1.165) is 25.7 Å². The minimum atomic E-state index is -0.779. The molecule has 0 saturated carbocycles. The van der Waals surface area contributed by atoms with Gasteiger partial charge in [-0.2, -0.15) is 0 Å². The van der Waals surface area contributed by atoms with Crippen LogP contribution in [0.15, 0.2) is 0 Å². The van der Waals surface area contributed by atoms with E-state index in [9.17, 15) is 9.59 Å². The zero-order valence-electron chi connectivity index (χ0n) is 13.3. The molecule has 0 fully saturated rings. The number of ketones is 1. The SMILES string of the molecule is O=C(O)CCCCC(=O)CCCCCCCCCCCO. The quantitative estimate of drug-likeness (QED) is 0.421. The number of hydrogen-bond donors (Lipinski definition) is 2. The van der Waals surface area contributed by atoms with Crippen LogP contribution in [0, 0.1) is 0 Å². The average molecular weight is 300 g/mol. The Hall–Kier alpha value is -0.900. The van der Waals surface area contributed by atoms with E-state index in [1.54, 1.807) is 0 Å². The van der Waals surface area contributed by atoms with Crippen molar-refractivity contribution < 1.29 is 19.8 Å². The van der Waals surface area contributed by atoms with Crippen molar-refractivity contribution in [3.8, 4) is 0 Å². The number of carbonyl (C=O) groups excluding carboxylic acids is 1. The molecule has 0 aliphatic heterocycles. The molecule has 4 heteroatoms. The van der Waals surface area contributed by atoms with Gasteiger partial charge in [-0.25, -0.2) is 0 Å². The maximum atomic E-state index is 11.6. The Morgan fingerprint density at radius 1 is 0.571 bits per heavy atom. The Labute approximate surface area is 128 Å². The standard InChI is InChI=1S/C17H32O4/c18-15-11-7-5-3-1-2-4-6-8-12-16(19)13-9-10-14-17(20)21/h18H,1-15H2,(H,20,21). The van der Waals surface area contributed by atoms with Crippen molar-refractivity contribution in [1.82, 2.24) is 0 Å². The lowest BCUT2D eigenvalue weighted by molar-refractivity contribution is -0.137. The summed E-state index contributed by atoms with van der Waals surface area (Å²) >= 11 is 0. The molecule has 0 heterocycles. The number of aliphatic carboxylic acids is 1. The molecule has 0 rings (SSSR count). The number of Topliss-reactive ketones (excluding diaryl/α,β-unsaturated/α-hetero) is 1. The lowest BCUT2D eigenvalue weighted by Crippen LogP contribution is -1.99. The molecule has 4 nitrogen and oxygen atoms in total. The van der Waals surface area contributed by atoms with Gasteiger partial charge in [-0.05, 0) is 25.7 Å². The number of hydrogen-bond acceptors (Lipinski definition) is 3. The Kier molecular flexibility index (Phi) is 14.8. The van der Waals surface area contributed by atoms with Crippen molar-refractivity contribution in [2.45, 2.75) is 89.9 Å². The van der Waals surface area contributed by atoms with Crippen LogP contribution >= 0.6 is 0 Å². The molecule has 0 radical (unpaired) electrons. The molecular weight excluding hydrogens is 268 g/mol. The van der Waals surface area contributed by atoms with Crippen molar-refractivity contribution in [1.29, 1.82) is 0 Å². The van der Waals surface area contributed by atoms with Gasteiger partial charge in [0.15, 0.2) is 0 Å². The van der Waals surface area contributed by atoms with Crippen LogP contribution in [0.4, 0.5) is 0 Å². The topological polar surface area (TPSA) is 74.6 Å². The van der Waals surface area contributed by atoms with Gasteiger partial charge >= 0.3 is 5.97 Å². The number of rotatable bonds is 16. The number of unbranched alkanes of at least 4 members (excludes halogenated alkanes) is 9. The summed E-state index contributed by atoms with van der Waals surface area (Å²) in [5, 5.41) is 17.1. The zero-order chi connectivity index (χ0) is 15.8. The first kappa shape index (κ1) is 20.1. The van der Waals surface area contributed by atoms with Crippen molar-refractivity contribution in [3.05, 3.63) is 0 Å². The molecule has 0 amide bonds. The van der Waals surface area contributed by atoms with Gasteiger partial charge in [-0.3, -0.25) is 9.59 Å². The maximum absolute atomic E-state index is 11.6. The van der Waals surface area contributed by atoms with E-state index in [-0.39, 0.29) is 12.2 Å². The average Bonchev–Trinajstić information content (AvgIpc) is 2.45. The molecule has 0 spiro atoms. The van der Waals surface area contributed by atoms with E-state index in [0.29, 0.717) is 32.3 Å². The second kappa shape index (κ2) is 15.5. The smallest absolute Gasteiger partial charge is 0.303 e. The Bertz CT molecular complexity index is 264. The molecule has 21 heavy (non-hydrogen) atoms. The highest BCUT2D eigenvalue weighted by atomic mass is 16.4. The van der Waals surface area contributed by atoms with E-state index >= 15 is 0 Å². The normalized spacial score (nSPS) is 10.7. The molecule has 0 saturated heterocycles. The second-order valence-electron chi connectivity index (χ2n) is 5.80. The van der Waals surface area contributed by atoms with Crippen molar-refractivity contribution >= 4 is 11.8 Å². The van der Waals surface area contributed by atoms with Crippen LogP contribution in [0.1, 0.15) is 89.9 Å². The molecule has 0 bridgehead atoms. The molecule has 0 unspecified atom stereocenters. The van der Waals surface area contributed by atoms with E-state index < -0.39 is 5.97 Å². The van der Waals surface area contributed by atoms with Crippen molar-refractivity contribution in [2.75, 3.05) is 6.61 Å². The summed E-state index contributed by atoms with van der Waals surface area (Å²) < 4.78 is 0. The third-order valence-electron chi connectivity index (χ3n) is 3.71. The largest absolute Gasteiger partial charge is 0.481 e. The van der Waals surface area contributed by atoms with Crippen LogP contribution in [0.2, 0.25) is 0 Å². The van der Waals surface area contributed by atoms with Gasteiger partial charge in [0, 0.05) is 25.9 Å². The fourth-order valence-corrected chi connectivity index (χ4v) is 2.39. The molecule has 2 N–H and O–H groups in total. The van der Waals surface area contributed by atoms with E-state index in [1.165, 1.54) is 32.1 Å². The molecule has 124 valence electrons. The molecule has 0 aromatic rings. The first-order valence-electron chi connectivity index (χ1n) is 8.51. The summed E-state index contributed by atoms with van der Waals surface area (Å²) in [6, 6.07) is 0. The van der Waals surface area contributed by atoms with Crippen molar-refractivity contribution in [2.24, 2.45) is 0 Å². The number of aliphatic hydroxyl groups is 1. The molecule has 0 aromatic heterocycles. The van der Waals surface area contributed by atoms with Gasteiger partial charge < -0.3 is 10.2 Å².